The third-order valence-electron chi connectivity index (χ3n) is 2.88. The van der Waals surface area contributed by atoms with Crippen molar-refractivity contribution in [3.05, 3.63) is 59.7 Å². The Bertz CT molecular complexity index is 554. The van der Waals surface area contributed by atoms with Crippen molar-refractivity contribution in [2.45, 2.75) is 19.8 Å². The molecule has 0 aromatic heterocycles. The van der Waals surface area contributed by atoms with E-state index in [2.05, 4.69) is 13.8 Å². The number of hydrogen-bond acceptors (Lipinski definition) is 2. The molecule has 0 spiro atoms. The number of ether oxygens (including phenoxy) is 1. The molecule has 0 aliphatic carbocycles. The standard InChI is InChI=1S/C16H16O3/c1-11(2)12-3-7-14(8-4-12)19-15-9-5-13(6-10-15)16(17)18/h3-11H,1-2H3,(H,17,18). The van der Waals surface area contributed by atoms with Gasteiger partial charge in [0, 0.05) is 0 Å². The number of carboxylic acids is 1. The zero-order chi connectivity index (χ0) is 13.8. The van der Waals surface area contributed by atoms with Crippen LogP contribution in [0.2, 0.25) is 0 Å². The number of hydrogen-bond donors (Lipinski definition) is 1. The minimum Gasteiger partial charge on any atom is -0.478 e. The van der Waals surface area contributed by atoms with Crippen LogP contribution in [0.3, 0.4) is 0 Å². The van der Waals surface area contributed by atoms with Crippen LogP contribution >= 0.6 is 0 Å². The molecule has 0 bridgehead atoms. The van der Waals surface area contributed by atoms with Gasteiger partial charge in [-0.2, -0.15) is 0 Å². The van der Waals surface area contributed by atoms with E-state index in [1.54, 1.807) is 12.1 Å². The number of carbonyl (C=O) groups is 1. The summed E-state index contributed by atoms with van der Waals surface area (Å²) in [5, 5.41) is 8.81. The van der Waals surface area contributed by atoms with E-state index < -0.39 is 5.97 Å². The molecule has 0 aliphatic heterocycles. The van der Waals surface area contributed by atoms with Gasteiger partial charge in [-0.1, -0.05) is 26.0 Å². The first kappa shape index (κ1) is 13.1. The summed E-state index contributed by atoms with van der Waals surface area (Å²) in [7, 11) is 0. The third kappa shape index (κ3) is 3.35. The highest BCUT2D eigenvalue weighted by molar-refractivity contribution is 5.87. The molecule has 19 heavy (non-hydrogen) atoms. The van der Waals surface area contributed by atoms with Gasteiger partial charge in [0.15, 0.2) is 0 Å². The van der Waals surface area contributed by atoms with Gasteiger partial charge in [-0.05, 0) is 47.9 Å². The average Bonchev–Trinajstić information content (AvgIpc) is 2.40. The lowest BCUT2D eigenvalue weighted by molar-refractivity contribution is 0.0697. The molecule has 0 fully saturated rings. The molecule has 2 aromatic rings. The molecule has 0 aliphatic rings. The Morgan fingerprint density at radius 2 is 1.42 bits per heavy atom. The van der Waals surface area contributed by atoms with Crippen molar-refractivity contribution in [2.75, 3.05) is 0 Å². The first-order valence-electron chi connectivity index (χ1n) is 6.17. The Balaban J connectivity index is 2.10. The maximum atomic E-state index is 10.7. The van der Waals surface area contributed by atoms with Gasteiger partial charge in [-0.3, -0.25) is 0 Å². The lowest BCUT2D eigenvalue weighted by Crippen LogP contribution is -1.95. The largest absolute Gasteiger partial charge is 0.478 e. The number of rotatable bonds is 4. The molecule has 3 heteroatoms. The normalized spacial score (nSPS) is 10.5. The van der Waals surface area contributed by atoms with Crippen molar-refractivity contribution in [3.8, 4) is 11.5 Å². The SMILES string of the molecule is CC(C)c1ccc(Oc2ccc(C(=O)O)cc2)cc1. The van der Waals surface area contributed by atoms with Crippen molar-refractivity contribution in [2.24, 2.45) is 0 Å². The summed E-state index contributed by atoms with van der Waals surface area (Å²) < 4.78 is 5.65. The number of benzene rings is 2. The van der Waals surface area contributed by atoms with E-state index in [-0.39, 0.29) is 5.56 Å². The molecule has 0 atom stereocenters. The molecule has 0 saturated heterocycles. The summed E-state index contributed by atoms with van der Waals surface area (Å²) in [5.41, 5.74) is 1.51. The Kier molecular flexibility index (Phi) is 3.85. The third-order valence-corrected chi connectivity index (χ3v) is 2.88. The molecule has 0 amide bonds. The topological polar surface area (TPSA) is 46.5 Å². The molecule has 2 rings (SSSR count). The van der Waals surface area contributed by atoms with Crippen LogP contribution in [0.25, 0.3) is 0 Å². The van der Waals surface area contributed by atoms with Crippen molar-refractivity contribution in [1.82, 2.24) is 0 Å². The molecule has 2 aromatic carbocycles. The Labute approximate surface area is 112 Å². The van der Waals surface area contributed by atoms with Gasteiger partial charge in [-0.15, -0.1) is 0 Å². The van der Waals surface area contributed by atoms with Crippen molar-refractivity contribution in [1.29, 1.82) is 0 Å². The van der Waals surface area contributed by atoms with E-state index in [4.69, 9.17) is 9.84 Å². The summed E-state index contributed by atoms with van der Waals surface area (Å²) in [6, 6.07) is 14.3. The molecule has 0 radical (unpaired) electrons. The monoisotopic (exact) mass is 256 g/mol. The predicted molar refractivity (Wildman–Crippen MR) is 74.0 cm³/mol. The van der Waals surface area contributed by atoms with Crippen LogP contribution in [-0.4, -0.2) is 11.1 Å². The highest BCUT2D eigenvalue weighted by Gasteiger charge is 2.03. The van der Waals surface area contributed by atoms with Gasteiger partial charge in [-0.25, -0.2) is 4.79 Å². The molecular formula is C16H16O3. The second-order valence-corrected chi connectivity index (χ2v) is 4.66. The molecule has 1 N–H and O–H groups in total. The van der Waals surface area contributed by atoms with Crippen LogP contribution in [0.1, 0.15) is 35.7 Å². The van der Waals surface area contributed by atoms with Gasteiger partial charge in [0.2, 0.25) is 0 Å². The quantitative estimate of drug-likeness (QED) is 0.887. The van der Waals surface area contributed by atoms with Crippen LogP contribution in [0, 0.1) is 0 Å². The van der Waals surface area contributed by atoms with Gasteiger partial charge >= 0.3 is 5.97 Å². The second-order valence-electron chi connectivity index (χ2n) is 4.66. The number of carboxylic acid groups (broad SMARTS) is 1. The lowest BCUT2D eigenvalue weighted by atomic mass is 10.0. The van der Waals surface area contributed by atoms with E-state index in [0.717, 1.165) is 5.75 Å². The average molecular weight is 256 g/mol. The maximum Gasteiger partial charge on any atom is 0.335 e. The molecular weight excluding hydrogens is 240 g/mol. The first-order chi connectivity index (χ1) is 9.06. The minimum absolute atomic E-state index is 0.252. The Morgan fingerprint density at radius 1 is 0.947 bits per heavy atom. The summed E-state index contributed by atoms with van der Waals surface area (Å²) in [4.78, 5) is 10.7. The molecule has 98 valence electrons. The van der Waals surface area contributed by atoms with Crippen molar-refractivity contribution >= 4 is 5.97 Å². The summed E-state index contributed by atoms with van der Waals surface area (Å²) >= 11 is 0. The van der Waals surface area contributed by atoms with Crippen LogP contribution in [0.15, 0.2) is 48.5 Å². The van der Waals surface area contributed by atoms with Crippen LogP contribution in [0.5, 0.6) is 11.5 Å². The molecule has 0 heterocycles. The van der Waals surface area contributed by atoms with Gasteiger partial charge in [0.25, 0.3) is 0 Å². The summed E-state index contributed by atoms with van der Waals surface area (Å²) in [5.74, 6) is 0.923. The Morgan fingerprint density at radius 3 is 1.84 bits per heavy atom. The fraction of sp³-hybridized carbons (Fsp3) is 0.188. The molecule has 3 nitrogen and oxygen atoms in total. The highest BCUT2D eigenvalue weighted by Crippen LogP contribution is 2.24. The summed E-state index contributed by atoms with van der Waals surface area (Å²) in [6.45, 7) is 4.28. The molecule has 0 saturated carbocycles. The fourth-order valence-electron chi connectivity index (χ4n) is 1.72. The maximum absolute atomic E-state index is 10.7. The smallest absolute Gasteiger partial charge is 0.335 e. The minimum atomic E-state index is -0.937. The second kappa shape index (κ2) is 5.57. The Hall–Kier alpha value is -2.29. The van der Waals surface area contributed by atoms with Crippen LogP contribution in [-0.2, 0) is 0 Å². The number of aromatic carboxylic acids is 1. The van der Waals surface area contributed by atoms with E-state index in [9.17, 15) is 4.79 Å². The molecule has 0 unspecified atom stereocenters. The zero-order valence-electron chi connectivity index (χ0n) is 11.0. The van der Waals surface area contributed by atoms with Crippen molar-refractivity contribution in [3.63, 3.8) is 0 Å². The highest BCUT2D eigenvalue weighted by atomic mass is 16.5. The van der Waals surface area contributed by atoms with E-state index in [1.165, 1.54) is 17.7 Å². The van der Waals surface area contributed by atoms with E-state index in [0.29, 0.717) is 11.7 Å². The predicted octanol–water partition coefficient (Wildman–Crippen LogP) is 4.30. The first-order valence-corrected chi connectivity index (χ1v) is 6.17. The van der Waals surface area contributed by atoms with Crippen LogP contribution < -0.4 is 4.74 Å². The van der Waals surface area contributed by atoms with E-state index >= 15 is 0 Å². The zero-order valence-corrected chi connectivity index (χ0v) is 11.0. The lowest BCUT2D eigenvalue weighted by Gasteiger charge is -2.08. The van der Waals surface area contributed by atoms with Gasteiger partial charge in [0.1, 0.15) is 11.5 Å². The van der Waals surface area contributed by atoms with Gasteiger partial charge in [0.05, 0.1) is 5.56 Å². The van der Waals surface area contributed by atoms with Gasteiger partial charge < -0.3 is 9.84 Å². The van der Waals surface area contributed by atoms with Crippen LogP contribution in [0.4, 0.5) is 0 Å². The fourth-order valence-corrected chi connectivity index (χ4v) is 1.72. The van der Waals surface area contributed by atoms with E-state index in [1.807, 2.05) is 24.3 Å². The van der Waals surface area contributed by atoms with Crippen molar-refractivity contribution < 1.29 is 14.6 Å². The summed E-state index contributed by atoms with van der Waals surface area (Å²) in [6.07, 6.45) is 0.